The van der Waals surface area contributed by atoms with Gasteiger partial charge in [-0.3, -0.25) is 4.90 Å². The maximum atomic E-state index is 13.6. The standard InChI is InChI=1S/C26H27F6N7O/c1-17-15-38(23-20(26(30,31)32)6-3-7-33-23)8-9-39(17)24-35-21(16-37-10-12-40-13-11-37)34-22(36-24)18-4-2-5-19(14-18)25(27,28)29/h2-7,14,17H,8-13,15-16H2,1H3/t17-/m1/s1. The Morgan fingerprint density at radius 2 is 1.68 bits per heavy atom. The predicted octanol–water partition coefficient (Wildman–Crippen LogP) is 4.52. The number of benzene rings is 1. The Bertz CT molecular complexity index is 1330. The second kappa shape index (κ2) is 11.2. The summed E-state index contributed by atoms with van der Waals surface area (Å²) < 4.78 is 86.4. The topological polar surface area (TPSA) is 70.5 Å². The van der Waals surface area contributed by atoms with Crippen LogP contribution in [-0.2, 0) is 23.6 Å². The van der Waals surface area contributed by atoms with Crippen LogP contribution in [0.3, 0.4) is 0 Å². The number of aromatic nitrogens is 4. The van der Waals surface area contributed by atoms with Crippen molar-refractivity contribution in [3.05, 3.63) is 59.5 Å². The molecule has 2 aliphatic heterocycles. The van der Waals surface area contributed by atoms with Crippen molar-refractivity contribution >= 4 is 11.8 Å². The third-order valence-corrected chi connectivity index (χ3v) is 6.86. The van der Waals surface area contributed by atoms with E-state index in [0.29, 0.717) is 38.7 Å². The number of morpholine rings is 1. The summed E-state index contributed by atoms with van der Waals surface area (Å²) in [6.07, 6.45) is -7.76. The first kappa shape index (κ1) is 28.0. The number of nitrogens with zero attached hydrogens (tertiary/aromatic N) is 7. The van der Waals surface area contributed by atoms with Gasteiger partial charge in [-0.1, -0.05) is 12.1 Å². The fraction of sp³-hybridized carbons (Fsp3) is 0.462. The Morgan fingerprint density at radius 3 is 2.38 bits per heavy atom. The highest BCUT2D eigenvalue weighted by molar-refractivity contribution is 5.58. The number of hydrogen-bond acceptors (Lipinski definition) is 8. The number of piperazine rings is 1. The van der Waals surface area contributed by atoms with Gasteiger partial charge in [-0.2, -0.15) is 36.3 Å². The molecule has 0 saturated carbocycles. The molecule has 14 heteroatoms. The van der Waals surface area contributed by atoms with E-state index in [0.717, 1.165) is 18.2 Å². The quantitative estimate of drug-likeness (QED) is 0.417. The largest absolute Gasteiger partial charge is 0.419 e. The van der Waals surface area contributed by atoms with E-state index in [1.54, 1.807) is 4.90 Å². The van der Waals surface area contributed by atoms with Gasteiger partial charge in [-0.05, 0) is 31.2 Å². The molecule has 1 aromatic carbocycles. The van der Waals surface area contributed by atoms with Crippen LogP contribution in [0, 0.1) is 0 Å². The Kier molecular flexibility index (Phi) is 7.82. The summed E-state index contributed by atoms with van der Waals surface area (Å²) in [5.74, 6) is 0.598. The van der Waals surface area contributed by atoms with Crippen LogP contribution in [0.4, 0.5) is 38.1 Å². The summed E-state index contributed by atoms with van der Waals surface area (Å²) in [5, 5.41) is 0. The monoisotopic (exact) mass is 567 g/mol. The minimum Gasteiger partial charge on any atom is -0.379 e. The van der Waals surface area contributed by atoms with Gasteiger partial charge in [0.25, 0.3) is 0 Å². The number of halogens is 6. The molecule has 1 atom stereocenters. The number of alkyl halides is 6. The molecule has 2 aromatic heterocycles. The van der Waals surface area contributed by atoms with Crippen LogP contribution in [0.5, 0.6) is 0 Å². The summed E-state index contributed by atoms with van der Waals surface area (Å²) in [5.41, 5.74) is -1.44. The number of rotatable bonds is 5. The molecule has 0 bridgehead atoms. The molecule has 0 N–H and O–H groups in total. The van der Waals surface area contributed by atoms with E-state index in [9.17, 15) is 26.3 Å². The minimum absolute atomic E-state index is 0.0954. The Labute approximate surface area is 226 Å². The van der Waals surface area contributed by atoms with Crippen molar-refractivity contribution in [3.8, 4) is 11.4 Å². The van der Waals surface area contributed by atoms with Crippen molar-refractivity contribution in [1.82, 2.24) is 24.8 Å². The Hall–Kier alpha value is -3.52. The Morgan fingerprint density at radius 1 is 0.900 bits per heavy atom. The average Bonchev–Trinajstić information content (AvgIpc) is 2.92. The van der Waals surface area contributed by atoms with Gasteiger partial charge < -0.3 is 14.5 Å². The molecule has 4 heterocycles. The summed E-state index contributed by atoms with van der Waals surface area (Å²) in [6, 6.07) is 6.72. The lowest BCUT2D eigenvalue weighted by atomic mass is 10.1. The van der Waals surface area contributed by atoms with Crippen molar-refractivity contribution in [2.24, 2.45) is 0 Å². The van der Waals surface area contributed by atoms with E-state index >= 15 is 0 Å². The van der Waals surface area contributed by atoms with Gasteiger partial charge in [0.15, 0.2) is 5.82 Å². The lowest BCUT2D eigenvalue weighted by Crippen LogP contribution is -2.53. The van der Waals surface area contributed by atoms with E-state index in [-0.39, 0.29) is 48.8 Å². The van der Waals surface area contributed by atoms with Crippen molar-refractivity contribution in [2.75, 3.05) is 55.7 Å². The van der Waals surface area contributed by atoms with E-state index in [1.807, 2.05) is 11.8 Å². The lowest BCUT2D eigenvalue weighted by molar-refractivity contribution is -0.138. The molecule has 0 amide bonds. The molecule has 40 heavy (non-hydrogen) atoms. The number of anilines is 2. The van der Waals surface area contributed by atoms with Crippen LogP contribution in [0.1, 0.15) is 23.9 Å². The first-order valence-electron chi connectivity index (χ1n) is 12.8. The van der Waals surface area contributed by atoms with E-state index in [1.165, 1.54) is 24.4 Å². The summed E-state index contributed by atoms with van der Waals surface area (Å²) in [7, 11) is 0. The van der Waals surface area contributed by atoms with Crippen molar-refractivity contribution in [2.45, 2.75) is 31.9 Å². The third kappa shape index (κ3) is 6.28. The van der Waals surface area contributed by atoms with Crippen LogP contribution in [0.15, 0.2) is 42.6 Å². The number of ether oxygens (including phenoxy) is 1. The molecule has 214 valence electrons. The van der Waals surface area contributed by atoms with Gasteiger partial charge in [-0.25, -0.2) is 9.97 Å². The first-order valence-corrected chi connectivity index (χ1v) is 12.8. The molecule has 2 saturated heterocycles. The lowest BCUT2D eigenvalue weighted by Gasteiger charge is -2.41. The zero-order chi connectivity index (χ0) is 28.5. The maximum absolute atomic E-state index is 13.6. The summed E-state index contributed by atoms with van der Waals surface area (Å²) in [6.45, 7) is 5.28. The van der Waals surface area contributed by atoms with E-state index < -0.39 is 23.5 Å². The van der Waals surface area contributed by atoms with Gasteiger partial charge in [0.2, 0.25) is 5.95 Å². The Balaban J connectivity index is 1.46. The zero-order valence-electron chi connectivity index (χ0n) is 21.6. The highest BCUT2D eigenvalue weighted by Gasteiger charge is 2.37. The first-order chi connectivity index (χ1) is 19.0. The zero-order valence-corrected chi connectivity index (χ0v) is 21.6. The normalized spacial score (nSPS) is 19.2. The molecule has 2 fully saturated rings. The van der Waals surface area contributed by atoms with Crippen LogP contribution >= 0.6 is 0 Å². The van der Waals surface area contributed by atoms with Crippen LogP contribution < -0.4 is 9.80 Å². The number of pyridine rings is 1. The van der Waals surface area contributed by atoms with Gasteiger partial charge in [0.05, 0.1) is 30.9 Å². The number of hydrogen-bond donors (Lipinski definition) is 0. The van der Waals surface area contributed by atoms with Gasteiger partial charge in [0, 0.05) is 50.5 Å². The molecule has 0 spiro atoms. The van der Waals surface area contributed by atoms with Crippen molar-refractivity contribution < 1.29 is 31.1 Å². The highest BCUT2D eigenvalue weighted by atomic mass is 19.4. The van der Waals surface area contributed by atoms with Crippen LogP contribution in [0.2, 0.25) is 0 Å². The average molecular weight is 568 g/mol. The van der Waals surface area contributed by atoms with E-state index in [2.05, 4.69) is 24.8 Å². The second-order valence-electron chi connectivity index (χ2n) is 9.70. The van der Waals surface area contributed by atoms with E-state index in [4.69, 9.17) is 4.74 Å². The smallest absolute Gasteiger partial charge is 0.379 e. The molecule has 0 aliphatic carbocycles. The van der Waals surface area contributed by atoms with Gasteiger partial charge in [0.1, 0.15) is 11.6 Å². The molecule has 8 nitrogen and oxygen atoms in total. The fourth-order valence-electron chi connectivity index (χ4n) is 4.85. The molecule has 0 unspecified atom stereocenters. The molecular formula is C26H27F6N7O. The second-order valence-corrected chi connectivity index (χ2v) is 9.70. The molecule has 0 radical (unpaired) electrons. The highest BCUT2D eigenvalue weighted by Crippen LogP contribution is 2.36. The van der Waals surface area contributed by atoms with Crippen molar-refractivity contribution in [1.29, 1.82) is 0 Å². The van der Waals surface area contributed by atoms with Gasteiger partial charge >= 0.3 is 12.4 Å². The van der Waals surface area contributed by atoms with Crippen LogP contribution in [0.25, 0.3) is 11.4 Å². The summed E-state index contributed by atoms with van der Waals surface area (Å²) >= 11 is 0. The minimum atomic E-state index is -4.55. The molecule has 5 rings (SSSR count). The fourth-order valence-corrected chi connectivity index (χ4v) is 4.85. The third-order valence-electron chi connectivity index (χ3n) is 6.86. The molecule has 3 aromatic rings. The SMILES string of the molecule is C[C@@H]1CN(c2ncccc2C(F)(F)F)CCN1c1nc(CN2CCOCC2)nc(-c2cccc(C(F)(F)F)c2)n1. The molecular weight excluding hydrogens is 540 g/mol. The maximum Gasteiger partial charge on any atom is 0.419 e. The van der Waals surface area contributed by atoms with Crippen molar-refractivity contribution in [3.63, 3.8) is 0 Å². The predicted molar refractivity (Wildman–Crippen MR) is 135 cm³/mol. The molecule has 2 aliphatic rings. The van der Waals surface area contributed by atoms with Gasteiger partial charge in [-0.15, -0.1) is 0 Å². The summed E-state index contributed by atoms with van der Waals surface area (Å²) in [4.78, 5) is 23.2. The van der Waals surface area contributed by atoms with Crippen LogP contribution in [-0.4, -0.2) is 76.8 Å².